The second-order valence-corrected chi connectivity index (χ2v) is 4.86. The standard InChI is InChI=1S/C15H21N3/c1-2-18(15-6-8-17-9-7-15)12-14-5-3-4-13(10-14)11-16/h3-5,10,15,17H,2,6-9,12H2,1H3. The van der Waals surface area contributed by atoms with Gasteiger partial charge in [-0.2, -0.15) is 5.26 Å². The maximum Gasteiger partial charge on any atom is 0.0991 e. The molecule has 96 valence electrons. The molecular formula is C15H21N3. The first-order valence-corrected chi connectivity index (χ1v) is 6.77. The molecule has 1 N–H and O–H groups in total. The summed E-state index contributed by atoms with van der Waals surface area (Å²) in [6.07, 6.45) is 2.46. The van der Waals surface area contributed by atoms with E-state index in [0.29, 0.717) is 6.04 Å². The van der Waals surface area contributed by atoms with Gasteiger partial charge in [0.15, 0.2) is 0 Å². The van der Waals surface area contributed by atoms with Crippen molar-refractivity contribution >= 4 is 0 Å². The number of rotatable bonds is 4. The van der Waals surface area contributed by atoms with Gasteiger partial charge in [0.25, 0.3) is 0 Å². The lowest BCUT2D eigenvalue weighted by Crippen LogP contribution is -2.42. The number of piperidine rings is 1. The molecule has 18 heavy (non-hydrogen) atoms. The van der Waals surface area contributed by atoms with E-state index in [-0.39, 0.29) is 0 Å². The molecule has 0 spiro atoms. The van der Waals surface area contributed by atoms with Gasteiger partial charge >= 0.3 is 0 Å². The van der Waals surface area contributed by atoms with Gasteiger partial charge in [-0.1, -0.05) is 19.1 Å². The number of benzene rings is 1. The Morgan fingerprint density at radius 1 is 1.39 bits per heavy atom. The van der Waals surface area contributed by atoms with E-state index in [1.54, 1.807) is 0 Å². The van der Waals surface area contributed by atoms with E-state index >= 15 is 0 Å². The summed E-state index contributed by atoms with van der Waals surface area (Å²) in [4.78, 5) is 2.53. The molecule has 0 radical (unpaired) electrons. The van der Waals surface area contributed by atoms with Gasteiger partial charge in [0, 0.05) is 12.6 Å². The molecule has 0 atom stereocenters. The van der Waals surface area contributed by atoms with Gasteiger partial charge in [0.2, 0.25) is 0 Å². The molecule has 0 bridgehead atoms. The van der Waals surface area contributed by atoms with E-state index in [1.807, 2.05) is 18.2 Å². The van der Waals surface area contributed by atoms with Gasteiger partial charge < -0.3 is 5.32 Å². The Morgan fingerprint density at radius 3 is 2.83 bits per heavy atom. The van der Waals surface area contributed by atoms with Crippen LogP contribution in [-0.2, 0) is 6.54 Å². The molecule has 1 heterocycles. The average molecular weight is 243 g/mol. The summed E-state index contributed by atoms with van der Waals surface area (Å²) in [6.45, 7) is 6.49. The van der Waals surface area contributed by atoms with E-state index in [4.69, 9.17) is 5.26 Å². The van der Waals surface area contributed by atoms with Crippen LogP contribution in [0.3, 0.4) is 0 Å². The first kappa shape index (κ1) is 13.1. The lowest BCUT2D eigenvalue weighted by Gasteiger charge is -2.33. The Morgan fingerprint density at radius 2 is 2.17 bits per heavy atom. The zero-order valence-corrected chi connectivity index (χ0v) is 11.0. The number of nitrogens with zero attached hydrogens (tertiary/aromatic N) is 2. The summed E-state index contributed by atoms with van der Waals surface area (Å²) >= 11 is 0. The molecule has 1 aromatic carbocycles. The number of hydrogen-bond donors (Lipinski definition) is 1. The third-order valence-corrected chi connectivity index (χ3v) is 3.67. The maximum absolute atomic E-state index is 8.93. The van der Waals surface area contributed by atoms with E-state index in [1.165, 1.54) is 18.4 Å². The Balaban J connectivity index is 2.02. The van der Waals surface area contributed by atoms with E-state index in [0.717, 1.165) is 31.7 Å². The molecule has 1 saturated heterocycles. The zero-order chi connectivity index (χ0) is 12.8. The Labute approximate surface area is 109 Å². The summed E-state index contributed by atoms with van der Waals surface area (Å²) < 4.78 is 0. The molecule has 3 heteroatoms. The molecule has 0 aromatic heterocycles. The molecule has 0 amide bonds. The molecule has 0 unspecified atom stereocenters. The van der Waals surface area contributed by atoms with Gasteiger partial charge in [-0.05, 0) is 50.2 Å². The predicted molar refractivity (Wildman–Crippen MR) is 73.1 cm³/mol. The molecule has 1 aliphatic rings. The van der Waals surface area contributed by atoms with Crippen molar-refractivity contribution in [2.75, 3.05) is 19.6 Å². The third-order valence-electron chi connectivity index (χ3n) is 3.67. The molecule has 0 saturated carbocycles. The first-order valence-electron chi connectivity index (χ1n) is 6.77. The van der Waals surface area contributed by atoms with Crippen molar-refractivity contribution in [2.45, 2.75) is 32.4 Å². The van der Waals surface area contributed by atoms with Crippen LogP contribution in [0.2, 0.25) is 0 Å². The second-order valence-electron chi connectivity index (χ2n) is 4.86. The molecule has 1 fully saturated rings. The molecule has 3 nitrogen and oxygen atoms in total. The van der Waals surface area contributed by atoms with Crippen LogP contribution >= 0.6 is 0 Å². The van der Waals surface area contributed by atoms with Crippen LogP contribution < -0.4 is 5.32 Å². The lowest BCUT2D eigenvalue weighted by molar-refractivity contribution is 0.162. The topological polar surface area (TPSA) is 39.1 Å². The highest BCUT2D eigenvalue weighted by molar-refractivity contribution is 5.32. The summed E-state index contributed by atoms with van der Waals surface area (Å²) in [5.41, 5.74) is 2.00. The highest BCUT2D eigenvalue weighted by atomic mass is 15.2. The van der Waals surface area contributed by atoms with Crippen molar-refractivity contribution in [2.24, 2.45) is 0 Å². The normalized spacial score (nSPS) is 16.7. The molecular weight excluding hydrogens is 222 g/mol. The minimum absolute atomic E-state index is 0.682. The third kappa shape index (κ3) is 3.32. The Hall–Kier alpha value is -1.37. The maximum atomic E-state index is 8.93. The number of hydrogen-bond acceptors (Lipinski definition) is 3. The van der Waals surface area contributed by atoms with Crippen LogP contribution in [0.1, 0.15) is 30.9 Å². The predicted octanol–water partition coefficient (Wildman–Crippen LogP) is 2.13. The van der Waals surface area contributed by atoms with Gasteiger partial charge in [-0.15, -0.1) is 0 Å². The first-order chi connectivity index (χ1) is 8.83. The average Bonchev–Trinajstić information content (AvgIpc) is 2.46. The molecule has 2 rings (SSSR count). The largest absolute Gasteiger partial charge is 0.317 e. The summed E-state index contributed by atoms with van der Waals surface area (Å²) in [7, 11) is 0. The summed E-state index contributed by atoms with van der Waals surface area (Å²) in [5, 5.41) is 12.3. The van der Waals surface area contributed by atoms with Crippen LogP contribution in [0, 0.1) is 11.3 Å². The van der Waals surface area contributed by atoms with Crippen LogP contribution in [0.4, 0.5) is 0 Å². The van der Waals surface area contributed by atoms with E-state index in [9.17, 15) is 0 Å². The van der Waals surface area contributed by atoms with Crippen LogP contribution in [-0.4, -0.2) is 30.6 Å². The number of nitrogens with one attached hydrogen (secondary N) is 1. The quantitative estimate of drug-likeness (QED) is 0.880. The van der Waals surface area contributed by atoms with Gasteiger partial charge in [0.05, 0.1) is 11.6 Å². The molecule has 0 aliphatic carbocycles. The fraction of sp³-hybridized carbons (Fsp3) is 0.533. The van der Waals surface area contributed by atoms with Crippen molar-refractivity contribution in [1.29, 1.82) is 5.26 Å². The number of nitriles is 1. The van der Waals surface area contributed by atoms with Gasteiger partial charge in [-0.25, -0.2) is 0 Å². The molecule has 1 aliphatic heterocycles. The minimum atomic E-state index is 0.682. The SMILES string of the molecule is CCN(Cc1cccc(C#N)c1)C1CCNCC1. The van der Waals surface area contributed by atoms with Crippen molar-refractivity contribution in [1.82, 2.24) is 10.2 Å². The highest BCUT2D eigenvalue weighted by Crippen LogP contribution is 2.16. The fourth-order valence-electron chi connectivity index (χ4n) is 2.64. The van der Waals surface area contributed by atoms with Crippen molar-refractivity contribution < 1.29 is 0 Å². The lowest BCUT2D eigenvalue weighted by atomic mass is 10.0. The monoisotopic (exact) mass is 243 g/mol. The van der Waals surface area contributed by atoms with Crippen LogP contribution in [0.5, 0.6) is 0 Å². The second kappa shape index (κ2) is 6.53. The van der Waals surface area contributed by atoms with Crippen molar-refractivity contribution in [3.63, 3.8) is 0 Å². The Bertz CT molecular complexity index is 416. The summed E-state index contributed by atoms with van der Waals surface area (Å²) in [5.74, 6) is 0. The van der Waals surface area contributed by atoms with E-state index < -0.39 is 0 Å². The van der Waals surface area contributed by atoms with Gasteiger partial charge in [0.1, 0.15) is 0 Å². The highest BCUT2D eigenvalue weighted by Gasteiger charge is 2.19. The summed E-state index contributed by atoms with van der Waals surface area (Å²) in [6, 6.07) is 10.9. The van der Waals surface area contributed by atoms with Gasteiger partial charge in [-0.3, -0.25) is 4.90 Å². The Kier molecular flexibility index (Phi) is 4.74. The van der Waals surface area contributed by atoms with E-state index in [2.05, 4.69) is 29.3 Å². The smallest absolute Gasteiger partial charge is 0.0991 e. The van der Waals surface area contributed by atoms with Crippen molar-refractivity contribution in [3.8, 4) is 6.07 Å². The zero-order valence-electron chi connectivity index (χ0n) is 11.0. The molecule has 1 aromatic rings. The fourth-order valence-corrected chi connectivity index (χ4v) is 2.64. The van der Waals surface area contributed by atoms with Crippen LogP contribution in [0.25, 0.3) is 0 Å². The van der Waals surface area contributed by atoms with Crippen molar-refractivity contribution in [3.05, 3.63) is 35.4 Å². The van der Waals surface area contributed by atoms with Crippen LogP contribution in [0.15, 0.2) is 24.3 Å². The minimum Gasteiger partial charge on any atom is -0.317 e.